The van der Waals surface area contributed by atoms with Crippen LogP contribution < -0.4 is 4.18 Å². The molecule has 1 heterocycles. The minimum Gasteiger partial charge on any atom is -0.441 e. The highest BCUT2D eigenvalue weighted by molar-refractivity contribution is 7.87. The largest absolute Gasteiger partial charge is 0.441 e. The predicted molar refractivity (Wildman–Crippen MR) is 101 cm³/mol. The molecule has 6 heteroatoms. The Morgan fingerprint density at radius 2 is 1.81 bits per heavy atom. The van der Waals surface area contributed by atoms with Gasteiger partial charge in [-0.2, -0.15) is 8.42 Å². The fraction of sp³-hybridized carbons (Fsp3) is 0.350. The number of unbranched alkanes of at least 4 members (excludes halogenated alkanes) is 3. The summed E-state index contributed by atoms with van der Waals surface area (Å²) in [4.78, 5) is 4.33. The molecule has 5 nitrogen and oxygen atoms in total. The highest BCUT2D eigenvalue weighted by Crippen LogP contribution is 2.24. The molecule has 0 N–H and O–H groups in total. The van der Waals surface area contributed by atoms with Gasteiger partial charge in [-0.3, -0.25) is 0 Å². The summed E-state index contributed by atoms with van der Waals surface area (Å²) in [6.07, 6.45) is 5.71. The molecular formula is C20H23NO4S. The molecule has 0 aliphatic carbocycles. The monoisotopic (exact) mass is 373 g/mol. The summed E-state index contributed by atoms with van der Waals surface area (Å²) < 4.78 is 35.6. The number of aryl methyl sites for hydroxylation is 2. The van der Waals surface area contributed by atoms with Crippen LogP contribution >= 0.6 is 0 Å². The van der Waals surface area contributed by atoms with Crippen molar-refractivity contribution < 1.29 is 17.0 Å². The molecule has 3 aromatic rings. The van der Waals surface area contributed by atoms with Crippen molar-refractivity contribution >= 4 is 21.2 Å². The van der Waals surface area contributed by atoms with E-state index in [9.17, 15) is 8.42 Å². The van der Waals surface area contributed by atoms with Gasteiger partial charge in [0.25, 0.3) is 0 Å². The summed E-state index contributed by atoms with van der Waals surface area (Å²) in [6, 6.07) is 11.7. The van der Waals surface area contributed by atoms with E-state index in [2.05, 4.69) is 11.9 Å². The van der Waals surface area contributed by atoms with E-state index in [0.29, 0.717) is 17.0 Å². The first-order valence-electron chi connectivity index (χ1n) is 8.88. The van der Waals surface area contributed by atoms with Crippen LogP contribution in [0.25, 0.3) is 11.1 Å². The molecule has 0 radical (unpaired) electrons. The number of benzene rings is 2. The normalized spacial score (nSPS) is 11.8. The summed E-state index contributed by atoms with van der Waals surface area (Å²) in [5, 5.41) is 0. The summed E-state index contributed by atoms with van der Waals surface area (Å²) in [7, 11) is -3.88. The highest BCUT2D eigenvalue weighted by atomic mass is 32.2. The first-order chi connectivity index (χ1) is 12.5. The van der Waals surface area contributed by atoms with Crippen molar-refractivity contribution in [1.82, 2.24) is 4.98 Å². The van der Waals surface area contributed by atoms with Gasteiger partial charge in [-0.05, 0) is 42.7 Å². The van der Waals surface area contributed by atoms with Crippen molar-refractivity contribution in [3.05, 3.63) is 53.9 Å². The second kappa shape index (κ2) is 7.91. The van der Waals surface area contributed by atoms with Gasteiger partial charge in [0, 0.05) is 13.0 Å². The average Bonchev–Trinajstić information content (AvgIpc) is 2.98. The molecular weight excluding hydrogens is 350 g/mol. The van der Waals surface area contributed by atoms with Crippen LogP contribution in [0.15, 0.2) is 51.8 Å². The number of nitrogens with zero attached hydrogens (tertiary/aromatic N) is 1. The summed E-state index contributed by atoms with van der Waals surface area (Å²) >= 11 is 0. The molecule has 138 valence electrons. The Hall–Kier alpha value is -2.34. The summed E-state index contributed by atoms with van der Waals surface area (Å²) in [5.41, 5.74) is 2.30. The van der Waals surface area contributed by atoms with Crippen molar-refractivity contribution in [2.24, 2.45) is 0 Å². The first-order valence-corrected chi connectivity index (χ1v) is 10.3. The lowest BCUT2D eigenvalue weighted by atomic mass is 10.1. The van der Waals surface area contributed by atoms with Crippen molar-refractivity contribution in [1.29, 1.82) is 0 Å². The van der Waals surface area contributed by atoms with Crippen molar-refractivity contribution in [3.63, 3.8) is 0 Å². The number of fused-ring (bicyclic) bond motifs is 1. The number of aromatic nitrogens is 1. The Morgan fingerprint density at radius 3 is 2.54 bits per heavy atom. The van der Waals surface area contributed by atoms with Crippen LogP contribution in [0.4, 0.5) is 0 Å². The number of oxazole rings is 1. The average molecular weight is 373 g/mol. The lowest BCUT2D eigenvalue weighted by molar-refractivity contribution is 0.486. The van der Waals surface area contributed by atoms with Gasteiger partial charge < -0.3 is 8.60 Å². The topological polar surface area (TPSA) is 69.4 Å². The third-order valence-corrected chi connectivity index (χ3v) is 5.46. The summed E-state index contributed by atoms with van der Waals surface area (Å²) in [5.74, 6) is 0.740. The van der Waals surface area contributed by atoms with E-state index in [1.807, 2.05) is 12.1 Å². The molecule has 2 aromatic carbocycles. The van der Waals surface area contributed by atoms with Crippen molar-refractivity contribution in [2.75, 3.05) is 0 Å². The zero-order valence-corrected chi connectivity index (χ0v) is 15.9. The Bertz CT molecular complexity index is 975. The Balaban J connectivity index is 1.70. The first kappa shape index (κ1) is 18.5. The fourth-order valence-corrected chi connectivity index (χ4v) is 3.75. The van der Waals surface area contributed by atoms with Gasteiger partial charge in [0.2, 0.25) is 0 Å². The zero-order chi connectivity index (χ0) is 18.6. The van der Waals surface area contributed by atoms with Crippen molar-refractivity contribution in [3.8, 4) is 5.75 Å². The van der Waals surface area contributed by atoms with Crippen molar-refractivity contribution in [2.45, 2.75) is 50.8 Å². The van der Waals surface area contributed by atoms with Gasteiger partial charge in [-0.25, -0.2) is 4.98 Å². The van der Waals surface area contributed by atoms with E-state index in [4.69, 9.17) is 8.60 Å². The number of hydrogen-bond acceptors (Lipinski definition) is 5. The van der Waals surface area contributed by atoms with Gasteiger partial charge >= 0.3 is 10.1 Å². The lowest BCUT2D eigenvalue weighted by Gasteiger charge is -2.08. The van der Waals surface area contributed by atoms with Gasteiger partial charge in [-0.1, -0.05) is 38.3 Å². The second-order valence-corrected chi connectivity index (χ2v) is 7.90. The Morgan fingerprint density at radius 1 is 1.04 bits per heavy atom. The smallest absolute Gasteiger partial charge is 0.339 e. The van der Waals surface area contributed by atoms with Crippen LogP contribution in [0.1, 0.15) is 44.1 Å². The number of rotatable bonds is 8. The quantitative estimate of drug-likeness (QED) is 0.409. The van der Waals surface area contributed by atoms with Crippen LogP contribution in [-0.2, 0) is 16.5 Å². The molecule has 0 unspecified atom stereocenters. The van der Waals surface area contributed by atoms with Crippen LogP contribution in [0.5, 0.6) is 5.75 Å². The van der Waals surface area contributed by atoms with E-state index in [1.165, 1.54) is 19.3 Å². The minimum atomic E-state index is -3.88. The third kappa shape index (κ3) is 4.43. The van der Waals surface area contributed by atoms with Crippen LogP contribution in [0, 0.1) is 6.92 Å². The van der Waals surface area contributed by atoms with Crippen LogP contribution in [0.2, 0.25) is 0 Å². The zero-order valence-electron chi connectivity index (χ0n) is 15.1. The lowest BCUT2D eigenvalue weighted by Crippen LogP contribution is -2.09. The molecule has 0 atom stereocenters. The molecule has 3 rings (SSSR count). The maximum atomic E-state index is 12.5. The highest BCUT2D eigenvalue weighted by Gasteiger charge is 2.17. The fourth-order valence-electron chi connectivity index (χ4n) is 2.83. The maximum Gasteiger partial charge on any atom is 0.339 e. The van der Waals surface area contributed by atoms with E-state index in [1.54, 1.807) is 37.3 Å². The predicted octanol–water partition coefficient (Wildman–Crippen LogP) is 5.03. The van der Waals surface area contributed by atoms with Crippen LogP contribution in [0.3, 0.4) is 0 Å². The SMILES string of the molecule is CCCCCCc1ccc(S(=O)(=O)Oc2ccc3oc(C)nc3c2)cc1. The summed E-state index contributed by atoms with van der Waals surface area (Å²) in [6.45, 7) is 3.92. The molecule has 1 aromatic heterocycles. The van der Waals surface area contributed by atoms with Crippen LogP contribution in [-0.4, -0.2) is 13.4 Å². The molecule has 0 aliphatic heterocycles. The molecule has 0 spiro atoms. The minimum absolute atomic E-state index is 0.145. The second-order valence-electron chi connectivity index (χ2n) is 6.35. The molecule has 26 heavy (non-hydrogen) atoms. The van der Waals surface area contributed by atoms with Gasteiger partial charge in [0.1, 0.15) is 16.2 Å². The maximum absolute atomic E-state index is 12.5. The molecule has 0 bridgehead atoms. The molecule has 0 aliphatic rings. The van der Waals surface area contributed by atoms with Gasteiger partial charge in [-0.15, -0.1) is 0 Å². The molecule has 0 amide bonds. The van der Waals surface area contributed by atoms with Gasteiger partial charge in [0.05, 0.1) is 0 Å². The number of hydrogen-bond donors (Lipinski definition) is 0. The van der Waals surface area contributed by atoms with E-state index < -0.39 is 10.1 Å². The Kier molecular flexibility index (Phi) is 5.61. The van der Waals surface area contributed by atoms with E-state index in [-0.39, 0.29) is 10.6 Å². The molecule has 0 saturated heterocycles. The standard InChI is InChI=1S/C20H23NO4S/c1-3-4-5-6-7-16-8-11-18(12-9-16)26(22,23)25-17-10-13-20-19(14-17)21-15(2)24-20/h8-14H,3-7H2,1-2H3. The van der Waals surface area contributed by atoms with Gasteiger partial charge in [0.15, 0.2) is 11.5 Å². The Labute approximate surface area is 154 Å². The molecule has 0 saturated carbocycles. The third-order valence-electron chi connectivity index (χ3n) is 4.20. The van der Waals surface area contributed by atoms with E-state index >= 15 is 0 Å². The molecule has 0 fully saturated rings. The van der Waals surface area contributed by atoms with E-state index in [0.717, 1.165) is 18.4 Å².